The van der Waals surface area contributed by atoms with Crippen molar-refractivity contribution in [3.05, 3.63) is 0 Å². The molecule has 2 amide bonds. The Bertz CT molecular complexity index is 206. The third-order valence-electron chi connectivity index (χ3n) is 2.64. The van der Waals surface area contributed by atoms with E-state index >= 15 is 0 Å². The van der Waals surface area contributed by atoms with Crippen molar-refractivity contribution in [3.63, 3.8) is 0 Å². The van der Waals surface area contributed by atoms with Crippen LogP contribution in [0.2, 0.25) is 0 Å². The van der Waals surface area contributed by atoms with Crippen LogP contribution in [0.15, 0.2) is 0 Å². The van der Waals surface area contributed by atoms with Gasteiger partial charge >= 0.3 is 6.03 Å². The second-order valence-corrected chi connectivity index (χ2v) is 5.26. The van der Waals surface area contributed by atoms with E-state index in [9.17, 15) is 4.79 Å². The molecule has 0 rings (SSSR count). The summed E-state index contributed by atoms with van der Waals surface area (Å²) in [5.41, 5.74) is 0. The molecule has 3 N–H and O–H groups in total. The molecule has 17 heavy (non-hydrogen) atoms. The molecular formula is C13H28N2O2. The van der Waals surface area contributed by atoms with Crippen LogP contribution in [0.5, 0.6) is 0 Å². The Kier molecular flexibility index (Phi) is 8.86. The Morgan fingerprint density at radius 1 is 1.12 bits per heavy atom. The highest BCUT2D eigenvalue weighted by molar-refractivity contribution is 5.74. The smallest absolute Gasteiger partial charge is 0.314 e. The second-order valence-electron chi connectivity index (χ2n) is 5.26. The Labute approximate surface area is 105 Å². The lowest BCUT2D eigenvalue weighted by molar-refractivity contribution is 0.183. The van der Waals surface area contributed by atoms with Crippen molar-refractivity contribution < 1.29 is 9.90 Å². The van der Waals surface area contributed by atoms with Gasteiger partial charge in [-0.3, -0.25) is 0 Å². The largest absolute Gasteiger partial charge is 0.393 e. The molecule has 0 heterocycles. The molecule has 0 aliphatic carbocycles. The number of hydrogen-bond acceptors (Lipinski definition) is 2. The van der Waals surface area contributed by atoms with Crippen molar-refractivity contribution in [2.45, 2.75) is 65.5 Å². The fourth-order valence-corrected chi connectivity index (χ4v) is 1.57. The summed E-state index contributed by atoms with van der Waals surface area (Å²) in [4.78, 5) is 11.4. The fourth-order valence-electron chi connectivity index (χ4n) is 1.57. The van der Waals surface area contributed by atoms with Crippen LogP contribution in [-0.2, 0) is 0 Å². The zero-order valence-corrected chi connectivity index (χ0v) is 11.6. The molecule has 102 valence electrons. The van der Waals surface area contributed by atoms with E-state index in [0.717, 1.165) is 18.8 Å². The number of nitrogens with one attached hydrogen (secondary N) is 2. The van der Waals surface area contributed by atoms with Crippen molar-refractivity contribution in [1.29, 1.82) is 0 Å². The van der Waals surface area contributed by atoms with Crippen molar-refractivity contribution in [1.82, 2.24) is 10.6 Å². The molecule has 2 unspecified atom stereocenters. The van der Waals surface area contributed by atoms with Gasteiger partial charge in [-0.25, -0.2) is 4.79 Å². The molecule has 0 aliphatic rings. The highest BCUT2D eigenvalue weighted by Gasteiger charge is 2.07. The minimum atomic E-state index is -0.362. The number of rotatable bonds is 8. The van der Waals surface area contributed by atoms with E-state index in [2.05, 4.69) is 24.5 Å². The van der Waals surface area contributed by atoms with E-state index in [4.69, 9.17) is 5.11 Å². The normalized spacial score (nSPS) is 14.5. The summed E-state index contributed by atoms with van der Waals surface area (Å²) in [6.07, 6.45) is 3.60. The van der Waals surface area contributed by atoms with Crippen molar-refractivity contribution in [2.75, 3.05) is 6.54 Å². The number of aliphatic hydroxyl groups is 1. The second kappa shape index (κ2) is 9.28. The number of amides is 2. The van der Waals surface area contributed by atoms with Gasteiger partial charge in [0, 0.05) is 12.6 Å². The van der Waals surface area contributed by atoms with Crippen molar-refractivity contribution in [2.24, 2.45) is 5.92 Å². The highest BCUT2D eigenvalue weighted by atomic mass is 16.3. The predicted molar refractivity (Wildman–Crippen MR) is 71.0 cm³/mol. The summed E-state index contributed by atoms with van der Waals surface area (Å²) in [6, 6.07) is 0.0722. The lowest BCUT2D eigenvalue weighted by atomic mass is 10.0. The molecular weight excluding hydrogens is 216 g/mol. The van der Waals surface area contributed by atoms with Gasteiger partial charge in [-0.05, 0) is 32.6 Å². The number of carbonyl (C=O) groups excluding carboxylic acids is 1. The SMILES string of the molecule is CC(C)CCCC(C)NC(=O)NCCC(C)O. The molecule has 0 fully saturated rings. The molecule has 0 bridgehead atoms. The van der Waals surface area contributed by atoms with Gasteiger partial charge in [-0.1, -0.05) is 26.7 Å². The Morgan fingerprint density at radius 3 is 2.29 bits per heavy atom. The van der Waals surface area contributed by atoms with Gasteiger partial charge in [0.2, 0.25) is 0 Å². The van der Waals surface area contributed by atoms with Crippen LogP contribution in [-0.4, -0.2) is 29.8 Å². The van der Waals surface area contributed by atoms with E-state index in [1.54, 1.807) is 6.92 Å². The minimum Gasteiger partial charge on any atom is -0.393 e. The minimum absolute atomic E-state index is 0.136. The van der Waals surface area contributed by atoms with Gasteiger partial charge in [0.1, 0.15) is 0 Å². The van der Waals surface area contributed by atoms with Gasteiger partial charge in [0.25, 0.3) is 0 Å². The van der Waals surface area contributed by atoms with Crippen LogP contribution in [0.25, 0.3) is 0 Å². The van der Waals surface area contributed by atoms with E-state index in [1.165, 1.54) is 6.42 Å². The lowest BCUT2D eigenvalue weighted by Gasteiger charge is -2.15. The number of urea groups is 1. The predicted octanol–water partition coefficient (Wildman–Crippen LogP) is 2.27. The molecule has 4 heteroatoms. The first-order valence-corrected chi connectivity index (χ1v) is 6.64. The summed E-state index contributed by atoms with van der Waals surface area (Å²) in [5, 5.41) is 14.7. The number of hydrogen-bond donors (Lipinski definition) is 3. The Balaban J connectivity index is 3.52. The van der Waals surface area contributed by atoms with Crippen molar-refractivity contribution in [3.8, 4) is 0 Å². The average Bonchev–Trinajstić information content (AvgIpc) is 2.15. The zero-order chi connectivity index (χ0) is 13.3. The van der Waals surface area contributed by atoms with Crippen LogP contribution in [0.3, 0.4) is 0 Å². The first-order valence-electron chi connectivity index (χ1n) is 6.64. The average molecular weight is 244 g/mol. The number of aliphatic hydroxyl groups excluding tert-OH is 1. The fraction of sp³-hybridized carbons (Fsp3) is 0.923. The molecule has 0 aromatic rings. The zero-order valence-electron chi connectivity index (χ0n) is 11.6. The van der Waals surface area contributed by atoms with Gasteiger partial charge in [0.15, 0.2) is 0 Å². The lowest BCUT2D eigenvalue weighted by Crippen LogP contribution is -2.41. The Morgan fingerprint density at radius 2 is 1.76 bits per heavy atom. The molecule has 0 saturated heterocycles. The first kappa shape index (κ1) is 16.2. The summed E-state index contributed by atoms with van der Waals surface area (Å²) < 4.78 is 0. The topological polar surface area (TPSA) is 61.4 Å². The molecule has 0 spiro atoms. The first-order chi connectivity index (χ1) is 7.91. The molecule has 0 radical (unpaired) electrons. The number of carbonyl (C=O) groups is 1. The van der Waals surface area contributed by atoms with Gasteiger partial charge in [-0.15, -0.1) is 0 Å². The molecule has 4 nitrogen and oxygen atoms in total. The molecule has 2 atom stereocenters. The summed E-state index contributed by atoms with van der Waals surface area (Å²) in [6.45, 7) is 8.67. The van der Waals surface area contributed by atoms with Gasteiger partial charge < -0.3 is 15.7 Å². The molecule has 0 aromatic carbocycles. The maximum Gasteiger partial charge on any atom is 0.314 e. The molecule has 0 aromatic heterocycles. The van der Waals surface area contributed by atoms with Crippen LogP contribution in [0, 0.1) is 5.92 Å². The summed E-state index contributed by atoms with van der Waals surface area (Å²) in [5.74, 6) is 0.724. The standard InChI is InChI=1S/C13H28N2O2/c1-10(2)6-5-7-11(3)15-13(17)14-9-8-12(4)16/h10-12,16H,5-9H2,1-4H3,(H2,14,15,17). The van der Waals surface area contributed by atoms with Crippen LogP contribution < -0.4 is 10.6 Å². The summed E-state index contributed by atoms with van der Waals surface area (Å²) in [7, 11) is 0. The quantitative estimate of drug-likeness (QED) is 0.613. The van der Waals surface area contributed by atoms with Crippen LogP contribution >= 0.6 is 0 Å². The van der Waals surface area contributed by atoms with Crippen LogP contribution in [0.1, 0.15) is 53.4 Å². The van der Waals surface area contributed by atoms with Crippen LogP contribution in [0.4, 0.5) is 4.79 Å². The summed E-state index contributed by atoms with van der Waals surface area (Å²) >= 11 is 0. The van der Waals surface area contributed by atoms with Gasteiger partial charge in [-0.2, -0.15) is 0 Å². The van der Waals surface area contributed by atoms with E-state index in [0.29, 0.717) is 13.0 Å². The monoisotopic (exact) mass is 244 g/mol. The maximum absolute atomic E-state index is 11.4. The van der Waals surface area contributed by atoms with E-state index < -0.39 is 0 Å². The molecule has 0 aliphatic heterocycles. The van der Waals surface area contributed by atoms with Gasteiger partial charge in [0.05, 0.1) is 6.10 Å². The third-order valence-corrected chi connectivity index (χ3v) is 2.64. The highest BCUT2D eigenvalue weighted by Crippen LogP contribution is 2.07. The molecule has 0 saturated carbocycles. The Hall–Kier alpha value is -0.770. The van der Waals surface area contributed by atoms with E-state index in [-0.39, 0.29) is 18.2 Å². The maximum atomic E-state index is 11.4. The van der Waals surface area contributed by atoms with E-state index in [1.807, 2.05) is 6.92 Å². The third kappa shape index (κ3) is 11.5. The van der Waals surface area contributed by atoms with Crippen molar-refractivity contribution >= 4 is 6.03 Å².